The molecule has 0 spiro atoms. The molecule has 6 heteroatoms. The molecule has 0 radical (unpaired) electrons. The Kier molecular flexibility index (Phi) is 5.77. The second-order valence-corrected chi connectivity index (χ2v) is 5.52. The normalized spacial score (nSPS) is 10.3. The minimum Gasteiger partial charge on any atom is -0.497 e. The SMILES string of the molecule is COc1ccc(CCNc2cc(NCc3ccncc3)ncn2)cc1. The quantitative estimate of drug-likeness (QED) is 0.659. The molecule has 3 aromatic rings. The van der Waals surface area contributed by atoms with Gasteiger partial charge in [0.25, 0.3) is 0 Å². The lowest BCUT2D eigenvalue weighted by atomic mass is 10.1. The zero-order chi connectivity index (χ0) is 17.3. The summed E-state index contributed by atoms with van der Waals surface area (Å²) < 4.78 is 5.17. The highest BCUT2D eigenvalue weighted by Gasteiger charge is 2.00. The van der Waals surface area contributed by atoms with Crippen molar-refractivity contribution in [3.63, 3.8) is 0 Å². The number of pyridine rings is 1. The summed E-state index contributed by atoms with van der Waals surface area (Å²) in [5, 5.41) is 6.62. The van der Waals surface area contributed by atoms with Crippen LogP contribution in [0.1, 0.15) is 11.1 Å². The van der Waals surface area contributed by atoms with Gasteiger partial charge in [0.05, 0.1) is 7.11 Å². The van der Waals surface area contributed by atoms with Crippen LogP contribution in [0.25, 0.3) is 0 Å². The minimum atomic E-state index is 0.699. The Labute approximate surface area is 147 Å². The van der Waals surface area contributed by atoms with E-state index in [1.165, 1.54) is 5.56 Å². The molecule has 0 saturated heterocycles. The second-order valence-electron chi connectivity index (χ2n) is 5.52. The van der Waals surface area contributed by atoms with Crippen molar-refractivity contribution in [3.05, 3.63) is 72.3 Å². The van der Waals surface area contributed by atoms with Gasteiger partial charge in [0.1, 0.15) is 23.7 Å². The van der Waals surface area contributed by atoms with E-state index in [1.807, 2.05) is 30.3 Å². The first kappa shape index (κ1) is 16.7. The third-order valence-electron chi connectivity index (χ3n) is 3.77. The highest BCUT2D eigenvalue weighted by atomic mass is 16.5. The van der Waals surface area contributed by atoms with Gasteiger partial charge in [0, 0.05) is 31.5 Å². The van der Waals surface area contributed by atoms with Crippen molar-refractivity contribution in [1.82, 2.24) is 15.0 Å². The summed E-state index contributed by atoms with van der Waals surface area (Å²) in [5.41, 5.74) is 2.40. The van der Waals surface area contributed by atoms with Gasteiger partial charge in [-0.3, -0.25) is 4.98 Å². The molecule has 0 amide bonds. The van der Waals surface area contributed by atoms with Gasteiger partial charge in [-0.25, -0.2) is 9.97 Å². The molecule has 2 N–H and O–H groups in total. The van der Waals surface area contributed by atoms with Crippen LogP contribution in [-0.4, -0.2) is 28.6 Å². The number of nitrogens with one attached hydrogen (secondary N) is 2. The molecule has 0 unspecified atom stereocenters. The Bertz CT molecular complexity index is 777. The topological polar surface area (TPSA) is 72.0 Å². The maximum atomic E-state index is 5.17. The standard InChI is InChI=1S/C19H21N5O/c1-25-17-4-2-15(3-5-17)8-11-21-18-12-19(24-14-23-18)22-13-16-6-9-20-10-7-16/h2-7,9-10,12,14H,8,11,13H2,1H3,(H2,21,22,23,24). The zero-order valence-electron chi connectivity index (χ0n) is 14.1. The molecule has 0 fully saturated rings. The summed E-state index contributed by atoms with van der Waals surface area (Å²) >= 11 is 0. The average Bonchev–Trinajstić information content (AvgIpc) is 2.68. The smallest absolute Gasteiger partial charge is 0.131 e. The van der Waals surface area contributed by atoms with E-state index in [9.17, 15) is 0 Å². The number of benzene rings is 1. The summed E-state index contributed by atoms with van der Waals surface area (Å²) in [6.07, 6.45) is 6.03. The van der Waals surface area contributed by atoms with E-state index in [4.69, 9.17) is 4.74 Å². The molecule has 2 heterocycles. The molecule has 0 aliphatic rings. The molecule has 128 valence electrons. The van der Waals surface area contributed by atoms with E-state index >= 15 is 0 Å². The van der Waals surface area contributed by atoms with Gasteiger partial charge in [-0.05, 0) is 41.8 Å². The third kappa shape index (κ3) is 5.17. The van der Waals surface area contributed by atoms with Gasteiger partial charge in [0.15, 0.2) is 0 Å². The Morgan fingerprint density at radius 2 is 1.60 bits per heavy atom. The average molecular weight is 335 g/mol. The third-order valence-corrected chi connectivity index (χ3v) is 3.77. The van der Waals surface area contributed by atoms with Crippen LogP contribution < -0.4 is 15.4 Å². The first-order valence-corrected chi connectivity index (χ1v) is 8.15. The van der Waals surface area contributed by atoms with Crippen molar-refractivity contribution < 1.29 is 4.74 Å². The van der Waals surface area contributed by atoms with Gasteiger partial charge >= 0.3 is 0 Å². The van der Waals surface area contributed by atoms with Crippen LogP contribution in [-0.2, 0) is 13.0 Å². The van der Waals surface area contributed by atoms with E-state index in [2.05, 4.69) is 37.7 Å². The summed E-state index contributed by atoms with van der Waals surface area (Å²) in [5.74, 6) is 2.47. The van der Waals surface area contributed by atoms with Crippen LogP contribution in [0.5, 0.6) is 5.75 Å². The maximum absolute atomic E-state index is 5.17. The van der Waals surface area contributed by atoms with Crippen LogP contribution in [0.3, 0.4) is 0 Å². The first-order valence-electron chi connectivity index (χ1n) is 8.15. The fourth-order valence-corrected chi connectivity index (χ4v) is 2.37. The monoisotopic (exact) mass is 335 g/mol. The van der Waals surface area contributed by atoms with Crippen LogP contribution in [0.2, 0.25) is 0 Å². The van der Waals surface area contributed by atoms with E-state index in [0.717, 1.165) is 35.9 Å². The van der Waals surface area contributed by atoms with Crippen LogP contribution in [0.15, 0.2) is 61.2 Å². The Hall–Kier alpha value is -3.15. The lowest BCUT2D eigenvalue weighted by molar-refractivity contribution is 0.414. The lowest BCUT2D eigenvalue weighted by Crippen LogP contribution is -2.08. The number of ether oxygens (including phenoxy) is 1. The Balaban J connectivity index is 1.49. The van der Waals surface area contributed by atoms with Crippen molar-refractivity contribution in [2.24, 2.45) is 0 Å². The number of hydrogen-bond donors (Lipinski definition) is 2. The fourth-order valence-electron chi connectivity index (χ4n) is 2.37. The predicted molar refractivity (Wildman–Crippen MR) is 98.8 cm³/mol. The molecule has 2 aromatic heterocycles. The molecular weight excluding hydrogens is 314 g/mol. The number of nitrogens with zero attached hydrogens (tertiary/aromatic N) is 3. The van der Waals surface area contributed by atoms with Crippen molar-refractivity contribution in [1.29, 1.82) is 0 Å². The largest absolute Gasteiger partial charge is 0.497 e. The van der Waals surface area contributed by atoms with E-state index < -0.39 is 0 Å². The van der Waals surface area contributed by atoms with Crippen LogP contribution >= 0.6 is 0 Å². The second kappa shape index (κ2) is 8.63. The van der Waals surface area contributed by atoms with Gasteiger partial charge in [-0.1, -0.05) is 12.1 Å². The van der Waals surface area contributed by atoms with Crippen molar-refractivity contribution in [3.8, 4) is 5.75 Å². The van der Waals surface area contributed by atoms with Crippen LogP contribution in [0, 0.1) is 0 Å². The molecule has 0 aliphatic carbocycles. The van der Waals surface area contributed by atoms with Gasteiger partial charge in [-0.2, -0.15) is 0 Å². The number of aromatic nitrogens is 3. The van der Waals surface area contributed by atoms with Gasteiger partial charge in [-0.15, -0.1) is 0 Å². The Morgan fingerprint density at radius 3 is 2.32 bits per heavy atom. The van der Waals surface area contributed by atoms with E-state index in [0.29, 0.717) is 6.54 Å². The molecule has 6 nitrogen and oxygen atoms in total. The lowest BCUT2D eigenvalue weighted by Gasteiger charge is -2.09. The van der Waals surface area contributed by atoms with Crippen LogP contribution in [0.4, 0.5) is 11.6 Å². The number of rotatable bonds is 8. The summed E-state index contributed by atoms with van der Waals surface area (Å²) in [6, 6.07) is 14.0. The van der Waals surface area contributed by atoms with Crippen molar-refractivity contribution in [2.75, 3.05) is 24.3 Å². The molecule has 0 saturated carbocycles. The number of anilines is 2. The highest BCUT2D eigenvalue weighted by Crippen LogP contribution is 2.13. The molecule has 0 aliphatic heterocycles. The summed E-state index contributed by atoms with van der Waals surface area (Å²) in [7, 11) is 1.67. The van der Waals surface area contributed by atoms with Gasteiger partial charge in [0.2, 0.25) is 0 Å². The maximum Gasteiger partial charge on any atom is 0.131 e. The molecule has 1 aromatic carbocycles. The Morgan fingerprint density at radius 1 is 0.880 bits per heavy atom. The molecule has 0 bridgehead atoms. The van der Waals surface area contributed by atoms with Crippen molar-refractivity contribution in [2.45, 2.75) is 13.0 Å². The zero-order valence-corrected chi connectivity index (χ0v) is 14.1. The van der Waals surface area contributed by atoms with Crippen molar-refractivity contribution >= 4 is 11.6 Å². The van der Waals surface area contributed by atoms with E-state index in [-0.39, 0.29) is 0 Å². The number of hydrogen-bond acceptors (Lipinski definition) is 6. The molecule has 25 heavy (non-hydrogen) atoms. The fraction of sp³-hybridized carbons (Fsp3) is 0.211. The first-order chi connectivity index (χ1) is 12.3. The highest BCUT2D eigenvalue weighted by molar-refractivity contribution is 5.46. The predicted octanol–water partition coefficient (Wildman–Crippen LogP) is 3.15. The molecule has 3 rings (SSSR count). The summed E-state index contributed by atoms with van der Waals surface area (Å²) in [6.45, 7) is 1.50. The number of methoxy groups -OCH3 is 1. The van der Waals surface area contributed by atoms with Gasteiger partial charge < -0.3 is 15.4 Å². The minimum absolute atomic E-state index is 0.699. The summed E-state index contributed by atoms with van der Waals surface area (Å²) in [4.78, 5) is 12.5. The molecular formula is C19H21N5O. The van der Waals surface area contributed by atoms with E-state index in [1.54, 1.807) is 25.8 Å². The molecule has 0 atom stereocenters.